The summed E-state index contributed by atoms with van der Waals surface area (Å²) in [5, 5.41) is 3.87. The maximum Gasteiger partial charge on any atom is 0.419 e. The number of aromatic nitrogens is 2. The first-order valence-corrected chi connectivity index (χ1v) is 8.94. The number of halogens is 1. The maximum absolute atomic E-state index is 12.4. The van der Waals surface area contributed by atoms with Crippen molar-refractivity contribution >= 4 is 23.8 Å². The fourth-order valence-electron chi connectivity index (χ4n) is 2.18. The number of imide groups is 1. The highest BCUT2D eigenvalue weighted by Crippen LogP contribution is 2.19. The molecule has 1 aromatic carbocycles. The zero-order valence-electron chi connectivity index (χ0n) is 15.5. The van der Waals surface area contributed by atoms with Gasteiger partial charge in [0, 0.05) is 0 Å². The smallest absolute Gasteiger partial charge is 0.419 e. The lowest BCUT2D eigenvalue weighted by Crippen LogP contribution is -2.40. The van der Waals surface area contributed by atoms with Crippen molar-refractivity contribution in [1.29, 1.82) is 0 Å². The Kier molecular flexibility index (Phi) is 7.82. The van der Waals surface area contributed by atoms with Crippen LogP contribution in [0.2, 0.25) is 5.02 Å². The predicted molar refractivity (Wildman–Crippen MR) is 101 cm³/mol. The molecule has 0 aliphatic rings. The van der Waals surface area contributed by atoms with Gasteiger partial charge in [0.1, 0.15) is 6.61 Å². The summed E-state index contributed by atoms with van der Waals surface area (Å²) < 4.78 is 16.2. The number of benzene rings is 1. The van der Waals surface area contributed by atoms with Crippen molar-refractivity contribution in [3.8, 4) is 11.4 Å². The summed E-state index contributed by atoms with van der Waals surface area (Å²) in [6.07, 6.45) is -0.419. The highest BCUT2D eigenvalue weighted by Gasteiger charge is 2.24. The van der Waals surface area contributed by atoms with Crippen LogP contribution in [-0.4, -0.2) is 53.2 Å². The number of hydrogen-bond donors (Lipinski definition) is 0. The summed E-state index contributed by atoms with van der Waals surface area (Å²) in [7, 11) is 0. The van der Waals surface area contributed by atoms with Crippen LogP contribution >= 0.6 is 11.6 Å². The Hall–Kier alpha value is -3.07. The van der Waals surface area contributed by atoms with E-state index in [1.165, 1.54) is 6.20 Å². The first kappa shape index (κ1) is 21.2. The molecule has 0 aliphatic carbocycles. The second-order valence-corrected chi connectivity index (χ2v) is 5.65. The number of ether oxygens (including phenoxy) is 3. The number of nitrogens with zero attached hydrogens (tertiary/aromatic N) is 3. The lowest BCUT2D eigenvalue weighted by Gasteiger charge is -2.19. The molecule has 0 N–H and O–H groups in total. The molecule has 0 bridgehead atoms. The van der Waals surface area contributed by atoms with E-state index < -0.39 is 17.7 Å². The molecule has 0 fully saturated rings. The van der Waals surface area contributed by atoms with E-state index in [0.717, 1.165) is 9.58 Å². The Morgan fingerprint density at radius 1 is 1.11 bits per heavy atom. The van der Waals surface area contributed by atoms with Crippen LogP contribution in [0.15, 0.2) is 41.3 Å². The van der Waals surface area contributed by atoms with E-state index in [9.17, 15) is 14.4 Å². The Balaban J connectivity index is 2.09. The van der Waals surface area contributed by atoms with Crippen LogP contribution in [0.1, 0.15) is 13.8 Å². The van der Waals surface area contributed by atoms with Gasteiger partial charge in [-0.2, -0.15) is 9.78 Å². The fraction of sp³-hybridized carbons (Fsp3) is 0.333. The second kappa shape index (κ2) is 10.3. The minimum atomic E-state index is -0.853. The normalized spacial score (nSPS) is 10.2. The Morgan fingerprint density at radius 3 is 2.29 bits per heavy atom. The number of hydrogen-bond acceptors (Lipinski definition) is 7. The molecular weight excluding hydrogens is 390 g/mol. The van der Waals surface area contributed by atoms with Gasteiger partial charge in [-0.05, 0) is 26.0 Å². The second-order valence-electron chi connectivity index (χ2n) is 5.27. The Labute approximate surface area is 166 Å². The molecule has 9 nitrogen and oxygen atoms in total. The summed E-state index contributed by atoms with van der Waals surface area (Å²) in [6, 6.07) is 8.76. The predicted octanol–water partition coefficient (Wildman–Crippen LogP) is 2.88. The fourth-order valence-corrected chi connectivity index (χ4v) is 2.36. The first-order valence-electron chi connectivity index (χ1n) is 8.56. The van der Waals surface area contributed by atoms with E-state index in [1.54, 1.807) is 38.1 Å². The molecule has 0 spiro atoms. The van der Waals surface area contributed by atoms with Gasteiger partial charge in [-0.3, -0.25) is 4.79 Å². The van der Waals surface area contributed by atoms with Crippen LogP contribution in [0, 0.1) is 0 Å². The zero-order chi connectivity index (χ0) is 20.5. The third kappa shape index (κ3) is 5.23. The maximum atomic E-state index is 12.4. The van der Waals surface area contributed by atoms with E-state index in [0.29, 0.717) is 5.69 Å². The van der Waals surface area contributed by atoms with Gasteiger partial charge in [-0.15, -0.1) is 0 Å². The Bertz CT molecular complexity index is 853. The lowest BCUT2D eigenvalue weighted by molar-refractivity contribution is 0.0763. The number of carbonyl (C=O) groups is 2. The average Bonchev–Trinajstić information content (AvgIpc) is 2.69. The summed E-state index contributed by atoms with van der Waals surface area (Å²) in [5.41, 5.74) is -0.00486. The van der Waals surface area contributed by atoms with Gasteiger partial charge in [0.15, 0.2) is 10.8 Å². The van der Waals surface area contributed by atoms with E-state index in [2.05, 4.69) is 5.10 Å². The van der Waals surface area contributed by atoms with Gasteiger partial charge in [-0.1, -0.05) is 29.8 Å². The number of rotatable bonds is 7. The van der Waals surface area contributed by atoms with Crippen molar-refractivity contribution in [2.24, 2.45) is 0 Å². The monoisotopic (exact) mass is 409 g/mol. The highest BCUT2D eigenvalue weighted by molar-refractivity contribution is 6.31. The quantitative estimate of drug-likeness (QED) is 0.693. The molecule has 0 aliphatic heterocycles. The van der Waals surface area contributed by atoms with Gasteiger partial charge in [0.25, 0.3) is 5.56 Å². The molecule has 1 aromatic heterocycles. The summed E-state index contributed by atoms with van der Waals surface area (Å²) in [4.78, 5) is 36.9. The third-order valence-electron chi connectivity index (χ3n) is 3.44. The van der Waals surface area contributed by atoms with Crippen LogP contribution in [0.3, 0.4) is 0 Å². The van der Waals surface area contributed by atoms with Crippen LogP contribution in [-0.2, 0) is 9.47 Å². The molecule has 10 heteroatoms. The van der Waals surface area contributed by atoms with Crippen molar-refractivity contribution < 1.29 is 23.8 Å². The third-order valence-corrected chi connectivity index (χ3v) is 3.78. The largest absolute Gasteiger partial charge is 0.488 e. The van der Waals surface area contributed by atoms with Crippen molar-refractivity contribution in [3.63, 3.8) is 0 Å². The van der Waals surface area contributed by atoms with Crippen molar-refractivity contribution in [3.05, 3.63) is 51.9 Å². The number of para-hydroxylation sites is 1. The van der Waals surface area contributed by atoms with E-state index >= 15 is 0 Å². The molecule has 150 valence electrons. The summed E-state index contributed by atoms with van der Waals surface area (Å²) >= 11 is 6.09. The molecule has 2 rings (SSSR count). The molecule has 2 amide bonds. The molecule has 0 atom stereocenters. The van der Waals surface area contributed by atoms with E-state index in [4.69, 9.17) is 25.8 Å². The van der Waals surface area contributed by atoms with E-state index in [1.807, 2.05) is 6.07 Å². The van der Waals surface area contributed by atoms with Gasteiger partial charge >= 0.3 is 12.2 Å². The van der Waals surface area contributed by atoms with Crippen molar-refractivity contribution in [2.45, 2.75) is 13.8 Å². The average molecular weight is 410 g/mol. The lowest BCUT2D eigenvalue weighted by atomic mass is 10.3. The topological polar surface area (TPSA) is 100.0 Å². The molecule has 1 heterocycles. The van der Waals surface area contributed by atoms with Crippen LogP contribution < -0.4 is 10.3 Å². The SMILES string of the molecule is CCOC(=O)N(CCOc1cnn(-c2ccccc2)c(=O)c1Cl)C(=O)OCC. The molecule has 0 radical (unpaired) electrons. The minimum absolute atomic E-state index is 0.0338. The number of carbonyl (C=O) groups excluding carboxylic acids is 2. The molecule has 0 unspecified atom stereocenters. The first-order chi connectivity index (χ1) is 13.5. The zero-order valence-corrected chi connectivity index (χ0v) is 16.2. The minimum Gasteiger partial charge on any atom is -0.488 e. The molecule has 0 saturated carbocycles. The standard InChI is InChI=1S/C18H20ClN3O6/c1-3-26-17(24)21(18(25)27-4-2)10-11-28-14-12-20-22(16(23)15(14)19)13-8-6-5-7-9-13/h5-9,12H,3-4,10-11H2,1-2H3. The molecule has 0 saturated heterocycles. The van der Waals surface area contributed by atoms with Crippen LogP contribution in [0.5, 0.6) is 5.75 Å². The van der Waals surface area contributed by atoms with Gasteiger partial charge < -0.3 is 14.2 Å². The van der Waals surface area contributed by atoms with Gasteiger partial charge in [0.2, 0.25) is 0 Å². The highest BCUT2D eigenvalue weighted by atomic mass is 35.5. The van der Waals surface area contributed by atoms with Crippen molar-refractivity contribution in [1.82, 2.24) is 14.7 Å². The molecular formula is C18H20ClN3O6. The number of amides is 2. The summed E-state index contributed by atoms with van der Waals surface area (Å²) in [6.45, 7) is 3.14. The van der Waals surface area contributed by atoms with Gasteiger partial charge in [0.05, 0.1) is 31.6 Å². The van der Waals surface area contributed by atoms with Crippen molar-refractivity contribution in [2.75, 3.05) is 26.4 Å². The Morgan fingerprint density at radius 2 is 1.71 bits per heavy atom. The van der Waals surface area contributed by atoms with Crippen LogP contribution in [0.4, 0.5) is 9.59 Å². The molecule has 28 heavy (non-hydrogen) atoms. The molecule has 2 aromatic rings. The van der Waals surface area contributed by atoms with E-state index in [-0.39, 0.29) is 37.1 Å². The summed E-state index contributed by atoms with van der Waals surface area (Å²) in [5.74, 6) is 0.0338. The van der Waals surface area contributed by atoms with Crippen LogP contribution in [0.25, 0.3) is 5.69 Å². The van der Waals surface area contributed by atoms with Gasteiger partial charge in [-0.25, -0.2) is 14.5 Å².